The van der Waals surface area contributed by atoms with Crippen LogP contribution >= 0.6 is 0 Å². The van der Waals surface area contributed by atoms with E-state index in [1.165, 1.54) is 264 Å². The molecular weight excluding hydrogens is 593 g/mol. The highest BCUT2D eigenvalue weighted by Gasteiger charge is 2.24. The molecule has 1 rings (SSSR count). The molecule has 0 N–H and O–H groups in total. The lowest BCUT2D eigenvalue weighted by molar-refractivity contribution is 0.135. The van der Waals surface area contributed by atoms with Crippen LogP contribution in [-0.2, 0) is 0 Å². The Morgan fingerprint density at radius 3 is 0.714 bits per heavy atom. The van der Waals surface area contributed by atoms with E-state index in [0.717, 1.165) is 0 Å². The van der Waals surface area contributed by atoms with Gasteiger partial charge in [0.1, 0.15) is 6.17 Å². The second-order valence-electron chi connectivity index (χ2n) is 16.4. The highest BCUT2D eigenvalue weighted by atomic mass is 15.4. The predicted molar refractivity (Wildman–Crippen MR) is 223 cm³/mol. The summed E-state index contributed by atoms with van der Waals surface area (Å²) in [4.78, 5) is 5.44. The maximum atomic E-state index is 2.72. The molecule has 0 amide bonds. The van der Waals surface area contributed by atoms with E-state index in [1.54, 1.807) is 0 Å². The summed E-state index contributed by atoms with van der Waals surface area (Å²) >= 11 is 0. The molecule has 0 aromatic heterocycles. The summed E-state index contributed by atoms with van der Waals surface area (Å²) in [6.07, 6.45) is 61.9. The summed E-state index contributed by atoms with van der Waals surface area (Å²) in [6, 6.07) is 0. The Balaban J connectivity index is 2.08. The molecule has 0 aromatic carbocycles. The fraction of sp³-hybridized carbons (Fsp3) is 0.957. The fourth-order valence-corrected chi connectivity index (χ4v) is 8.13. The van der Waals surface area contributed by atoms with Gasteiger partial charge in [0.25, 0.3) is 0 Å². The Morgan fingerprint density at radius 2 is 0.469 bits per heavy atom. The quantitative estimate of drug-likeness (QED) is 0.0591. The smallest absolute Gasteiger partial charge is 0.101 e. The lowest BCUT2D eigenvalue weighted by atomic mass is 10.0. The molecule has 0 radical (unpaired) electrons. The summed E-state index contributed by atoms with van der Waals surface area (Å²) in [7, 11) is 0. The van der Waals surface area contributed by atoms with Crippen LogP contribution in [0.4, 0.5) is 0 Å². The van der Waals surface area contributed by atoms with Crippen molar-refractivity contribution in [2.75, 3.05) is 13.1 Å². The third-order valence-electron chi connectivity index (χ3n) is 11.6. The van der Waals surface area contributed by atoms with E-state index < -0.39 is 0 Å². The van der Waals surface area contributed by atoms with Gasteiger partial charge in [0.05, 0.1) is 0 Å². The van der Waals surface area contributed by atoms with Gasteiger partial charge in [0.2, 0.25) is 0 Å². The average molecular weight is 687 g/mol. The lowest BCUT2D eigenvalue weighted by Crippen LogP contribution is -2.39. The Morgan fingerprint density at radius 1 is 0.265 bits per heavy atom. The van der Waals surface area contributed by atoms with Crippen LogP contribution in [0, 0.1) is 0 Å². The maximum Gasteiger partial charge on any atom is 0.101 e. The molecule has 0 spiro atoms. The fourth-order valence-electron chi connectivity index (χ4n) is 8.13. The van der Waals surface area contributed by atoms with Crippen LogP contribution < -0.4 is 0 Å². The lowest BCUT2D eigenvalue weighted by Gasteiger charge is -2.33. The van der Waals surface area contributed by atoms with Crippen LogP contribution in [0.3, 0.4) is 0 Å². The number of unbranched alkanes of at least 4 members (excludes halogenated alkanes) is 35. The molecule has 2 heteroatoms. The van der Waals surface area contributed by atoms with E-state index in [2.05, 4.69) is 43.0 Å². The second-order valence-corrected chi connectivity index (χ2v) is 16.4. The predicted octanol–water partition coefficient (Wildman–Crippen LogP) is 16.7. The summed E-state index contributed by atoms with van der Waals surface area (Å²) in [6.45, 7) is 9.49. The molecule has 0 saturated heterocycles. The number of nitrogens with zero attached hydrogens (tertiary/aromatic N) is 2. The van der Waals surface area contributed by atoms with Crippen molar-refractivity contribution >= 4 is 0 Å². The molecule has 292 valence electrons. The molecule has 1 aliphatic rings. The van der Waals surface area contributed by atoms with Crippen molar-refractivity contribution in [1.82, 2.24) is 9.80 Å². The highest BCUT2D eigenvalue weighted by molar-refractivity contribution is 4.97. The zero-order valence-corrected chi connectivity index (χ0v) is 34.6. The van der Waals surface area contributed by atoms with E-state index in [0.29, 0.717) is 6.17 Å². The molecular formula is C47H94N2. The molecule has 1 unspecified atom stereocenters. The van der Waals surface area contributed by atoms with E-state index in [4.69, 9.17) is 0 Å². The zero-order chi connectivity index (χ0) is 35.1. The zero-order valence-electron chi connectivity index (χ0n) is 34.6. The topological polar surface area (TPSA) is 6.48 Å². The van der Waals surface area contributed by atoms with E-state index in [1.807, 2.05) is 0 Å². The molecule has 1 atom stereocenters. The summed E-state index contributed by atoms with van der Waals surface area (Å²) in [5.41, 5.74) is 0. The van der Waals surface area contributed by atoms with Crippen LogP contribution in [-0.4, -0.2) is 29.1 Å². The van der Waals surface area contributed by atoms with Crippen molar-refractivity contribution < 1.29 is 0 Å². The van der Waals surface area contributed by atoms with Gasteiger partial charge in [-0.25, -0.2) is 0 Å². The van der Waals surface area contributed by atoms with Crippen LogP contribution in [0.15, 0.2) is 12.4 Å². The minimum Gasteiger partial charge on any atom is -0.356 e. The molecule has 1 aliphatic heterocycles. The Bertz CT molecular complexity index is 644. The molecule has 0 aromatic rings. The van der Waals surface area contributed by atoms with Gasteiger partial charge in [-0.05, 0) is 25.7 Å². The Hall–Kier alpha value is -0.660. The summed E-state index contributed by atoms with van der Waals surface area (Å²) < 4.78 is 0. The van der Waals surface area contributed by atoms with Gasteiger partial charge in [-0.3, -0.25) is 0 Å². The molecule has 0 bridgehead atoms. The minimum absolute atomic E-state index is 0.638. The van der Waals surface area contributed by atoms with Crippen molar-refractivity contribution in [3.8, 4) is 0 Å². The van der Waals surface area contributed by atoms with Gasteiger partial charge < -0.3 is 9.80 Å². The van der Waals surface area contributed by atoms with Gasteiger partial charge in [0.15, 0.2) is 0 Å². The summed E-state index contributed by atoms with van der Waals surface area (Å²) in [5, 5.41) is 0. The molecule has 0 aliphatic carbocycles. The van der Waals surface area contributed by atoms with Crippen LogP contribution in [0.1, 0.15) is 271 Å². The van der Waals surface area contributed by atoms with Crippen molar-refractivity contribution in [3.63, 3.8) is 0 Å². The maximum absolute atomic E-state index is 2.72. The minimum atomic E-state index is 0.638. The molecule has 49 heavy (non-hydrogen) atoms. The third-order valence-corrected chi connectivity index (χ3v) is 11.6. The first-order chi connectivity index (χ1) is 24.3. The first kappa shape index (κ1) is 46.4. The normalized spacial score (nSPS) is 14.6. The van der Waals surface area contributed by atoms with E-state index in [9.17, 15) is 0 Å². The van der Waals surface area contributed by atoms with E-state index >= 15 is 0 Å². The Kier molecular flexibility index (Phi) is 36.5. The standard InChI is InChI=1S/C47H94N2/c1-4-7-10-13-15-17-19-21-23-25-26-28-30-32-34-36-39-42-47-48(43-40-37-12-9-6-3)45-46-49(47)44-41-38-35-33-31-29-27-24-22-20-18-16-14-11-8-5-2/h45-47H,4-44H2,1-3H3. The van der Waals surface area contributed by atoms with Crippen molar-refractivity contribution in [1.29, 1.82) is 0 Å². The monoisotopic (exact) mass is 687 g/mol. The molecule has 2 nitrogen and oxygen atoms in total. The highest BCUT2D eigenvalue weighted by Crippen LogP contribution is 2.24. The van der Waals surface area contributed by atoms with Crippen molar-refractivity contribution in [2.24, 2.45) is 0 Å². The first-order valence-corrected chi connectivity index (χ1v) is 23.5. The van der Waals surface area contributed by atoms with Crippen molar-refractivity contribution in [2.45, 2.75) is 277 Å². The Labute approximate surface area is 311 Å². The SMILES string of the molecule is CCCCCCCCCCCCCCCCCCCC1N(CCCCCCC)C=CN1CCCCCCCCCCCCCCCCCC. The van der Waals surface area contributed by atoms with Crippen LogP contribution in [0.25, 0.3) is 0 Å². The molecule has 0 fully saturated rings. The van der Waals surface area contributed by atoms with Crippen LogP contribution in [0.5, 0.6) is 0 Å². The number of rotatable bonds is 41. The van der Waals surface area contributed by atoms with Crippen molar-refractivity contribution in [3.05, 3.63) is 12.4 Å². The van der Waals surface area contributed by atoms with Gasteiger partial charge in [-0.2, -0.15) is 0 Å². The van der Waals surface area contributed by atoms with Crippen LogP contribution in [0.2, 0.25) is 0 Å². The first-order valence-electron chi connectivity index (χ1n) is 23.5. The average Bonchev–Trinajstić information content (AvgIpc) is 3.50. The summed E-state index contributed by atoms with van der Waals surface area (Å²) in [5.74, 6) is 0. The number of hydrogen-bond acceptors (Lipinski definition) is 2. The largest absolute Gasteiger partial charge is 0.356 e. The van der Waals surface area contributed by atoms with Gasteiger partial charge in [-0.1, -0.05) is 245 Å². The molecule has 0 saturated carbocycles. The van der Waals surface area contributed by atoms with Gasteiger partial charge in [-0.15, -0.1) is 0 Å². The second kappa shape index (κ2) is 38.6. The number of hydrogen-bond donors (Lipinski definition) is 0. The van der Waals surface area contributed by atoms with Gasteiger partial charge in [0, 0.05) is 25.5 Å². The van der Waals surface area contributed by atoms with Gasteiger partial charge >= 0.3 is 0 Å². The molecule has 1 heterocycles. The third kappa shape index (κ3) is 30.7. The van der Waals surface area contributed by atoms with E-state index in [-0.39, 0.29) is 0 Å².